The van der Waals surface area contributed by atoms with Gasteiger partial charge in [-0.15, -0.1) is 0 Å². The molecule has 0 saturated carbocycles. The van der Waals surface area contributed by atoms with E-state index in [9.17, 15) is 19.2 Å². The Morgan fingerprint density at radius 1 is 1.19 bits per heavy atom. The van der Waals surface area contributed by atoms with E-state index in [1.807, 2.05) is 0 Å². The fourth-order valence-corrected chi connectivity index (χ4v) is 2.76. The van der Waals surface area contributed by atoms with Crippen LogP contribution in [0.15, 0.2) is 40.2 Å². The highest BCUT2D eigenvalue weighted by Gasteiger charge is 2.15. The molecule has 10 heteroatoms. The molecule has 3 aromatic rings. The summed E-state index contributed by atoms with van der Waals surface area (Å²) in [6.45, 7) is 0.200. The van der Waals surface area contributed by atoms with Gasteiger partial charge in [0.1, 0.15) is 0 Å². The molecule has 0 atom stereocenters. The van der Waals surface area contributed by atoms with Crippen LogP contribution >= 0.6 is 0 Å². The lowest BCUT2D eigenvalue weighted by Crippen LogP contribution is -2.37. The summed E-state index contributed by atoms with van der Waals surface area (Å²) < 4.78 is 3.81. The van der Waals surface area contributed by atoms with E-state index in [4.69, 9.17) is 5.73 Å². The molecule has 0 fully saturated rings. The van der Waals surface area contributed by atoms with Crippen LogP contribution in [0.2, 0.25) is 0 Å². The smallest absolute Gasteiger partial charge is 0.332 e. The second kappa shape index (κ2) is 6.90. The Labute approximate surface area is 152 Å². The predicted octanol–water partition coefficient (Wildman–Crippen LogP) is -0.439. The van der Waals surface area contributed by atoms with Crippen LogP contribution in [-0.2, 0) is 25.4 Å². The Morgan fingerprint density at radius 3 is 2.63 bits per heavy atom. The minimum Gasteiger partial charge on any atom is -0.366 e. The maximum absolute atomic E-state index is 12.4. The number of benzene rings is 1. The van der Waals surface area contributed by atoms with E-state index in [-0.39, 0.29) is 35.6 Å². The lowest BCUT2D eigenvalue weighted by molar-refractivity contribution is -0.116. The van der Waals surface area contributed by atoms with Gasteiger partial charge in [-0.05, 0) is 18.2 Å². The summed E-state index contributed by atoms with van der Waals surface area (Å²) in [5, 5.41) is 2.68. The highest BCUT2D eigenvalue weighted by molar-refractivity contribution is 5.96. The number of carbonyl (C=O) groups is 2. The fraction of sp³-hybridized carbons (Fsp3) is 0.235. The zero-order valence-corrected chi connectivity index (χ0v) is 14.8. The van der Waals surface area contributed by atoms with Crippen LogP contribution in [0.4, 0.5) is 5.69 Å². The Hall–Kier alpha value is -3.69. The Bertz CT molecular complexity index is 1170. The van der Waals surface area contributed by atoms with Crippen molar-refractivity contribution in [2.24, 2.45) is 19.8 Å². The third kappa shape index (κ3) is 3.36. The van der Waals surface area contributed by atoms with E-state index < -0.39 is 17.2 Å². The van der Waals surface area contributed by atoms with Gasteiger partial charge in [0.2, 0.25) is 11.8 Å². The summed E-state index contributed by atoms with van der Waals surface area (Å²) in [4.78, 5) is 51.8. The molecular weight excluding hydrogens is 352 g/mol. The maximum atomic E-state index is 12.4. The molecule has 0 spiro atoms. The minimum absolute atomic E-state index is 0.0677. The number of hydrogen-bond acceptors (Lipinski definition) is 5. The first-order chi connectivity index (χ1) is 12.8. The minimum atomic E-state index is -0.586. The maximum Gasteiger partial charge on any atom is 0.332 e. The molecule has 1 aromatic carbocycles. The van der Waals surface area contributed by atoms with Gasteiger partial charge in [0.25, 0.3) is 5.56 Å². The number of anilines is 1. The number of nitrogens with two attached hydrogens (primary N) is 1. The molecule has 10 nitrogen and oxygen atoms in total. The standard InChI is InChI=1S/C17H18N6O4/c1-21-15-13(16(26)22(2)17(21)27)23(9-19-15)7-6-12(24)20-11-5-3-4-10(8-11)14(18)25/h3-5,8-9H,6-7H2,1-2H3,(H2,18,25)(H,20,24). The third-order valence-corrected chi connectivity index (χ3v) is 4.23. The number of nitrogens with zero attached hydrogens (tertiary/aromatic N) is 4. The first-order valence-corrected chi connectivity index (χ1v) is 8.10. The van der Waals surface area contributed by atoms with Gasteiger partial charge in [-0.2, -0.15) is 0 Å². The molecule has 0 unspecified atom stereocenters. The van der Waals surface area contributed by atoms with Crippen molar-refractivity contribution >= 4 is 28.7 Å². The molecule has 2 aromatic heterocycles. The second-order valence-corrected chi connectivity index (χ2v) is 6.06. The quantitative estimate of drug-likeness (QED) is 0.628. The van der Waals surface area contributed by atoms with Crippen LogP contribution < -0.4 is 22.3 Å². The highest BCUT2D eigenvalue weighted by atomic mass is 16.2. The number of amides is 2. The van der Waals surface area contributed by atoms with Crippen LogP contribution in [0.3, 0.4) is 0 Å². The second-order valence-electron chi connectivity index (χ2n) is 6.06. The molecule has 0 radical (unpaired) electrons. The number of hydrogen-bond donors (Lipinski definition) is 2. The van der Waals surface area contributed by atoms with Crippen molar-refractivity contribution in [2.45, 2.75) is 13.0 Å². The largest absolute Gasteiger partial charge is 0.366 e. The molecule has 2 amide bonds. The van der Waals surface area contributed by atoms with Gasteiger partial charge < -0.3 is 15.6 Å². The van der Waals surface area contributed by atoms with E-state index in [1.165, 1.54) is 35.6 Å². The molecule has 2 heterocycles. The summed E-state index contributed by atoms with van der Waals surface area (Å²) in [6, 6.07) is 6.29. The Kier molecular flexibility index (Phi) is 4.63. The molecule has 3 rings (SSSR count). The topological polar surface area (TPSA) is 134 Å². The van der Waals surface area contributed by atoms with Gasteiger partial charge in [0.05, 0.1) is 6.33 Å². The first kappa shape index (κ1) is 18.1. The summed E-state index contributed by atoms with van der Waals surface area (Å²) in [5.74, 6) is -0.891. The van der Waals surface area contributed by atoms with E-state index >= 15 is 0 Å². The normalized spacial score (nSPS) is 10.9. The van der Waals surface area contributed by atoms with Gasteiger partial charge >= 0.3 is 5.69 Å². The van der Waals surface area contributed by atoms with Gasteiger partial charge in [-0.3, -0.25) is 23.5 Å². The summed E-state index contributed by atoms with van der Waals surface area (Å²) in [6.07, 6.45) is 1.49. The van der Waals surface area contributed by atoms with Gasteiger partial charge in [-0.25, -0.2) is 9.78 Å². The average molecular weight is 370 g/mol. The summed E-state index contributed by atoms with van der Waals surface area (Å²) in [7, 11) is 2.92. The number of aryl methyl sites for hydroxylation is 2. The SMILES string of the molecule is Cn1c(=O)c2c(ncn2CCC(=O)Nc2cccc(C(N)=O)c2)n(C)c1=O. The molecular formula is C17H18N6O4. The highest BCUT2D eigenvalue weighted by Crippen LogP contribution is 2.11. The molecule has 0 bridgehead atoms. The third-order valence-electron chi connectivity index (χ3n) is 4.23. The number of rotatable bonds is 5. The van der Waals surface area contributed by atoms with Gasteiger partial charge in [0, 0.05) is 38.3 Å². The van der Waals surface area contributed by atoms with E-state index in [1.54, 1.807) is 18.2 Å². The number of fused-ring (bicyclic) bond motifs is 1. The van der Waals surface area contributed by atoms with E-state index in [2.05, 4.69) is 10.3 Å². The van der Waals surface area contributed by atoms with Gasteiger partial charge in [-0.1, -0.05) is 6.07 Å². The van der Waals surface area contributed by atoms with Crippen LogP contribution in [0.1, 0.15) is 16.8 Å². The summed E-state index contributed by atoms with van der Waals surface area (Å²) in [5.41, 5.74) is 5.53. The number of aromatic nitrogens is 4. The lowest BCUT2D eigenvalue weighted by atomic mass is 10.2. The monoisotopic (exact) mass is 370 g/mol. The number of imidazole rings is 1. The molecule has 0 saturated heterocycles. The average Bonchev–Trinajstić information content (AvgIpc) is 3.07. The Balaban J connectivity index is 1.78. The lowest BCUT2D eigenvalue weighted by Gasteiger charge is -2.08. The van der Waals surface area contributed by atoms with E-state index in [0.717, 1.165) is 4.57 Å². The van der Waals surface area contributed by atoms with E-state index in [0.29, 0.717) is 5.69 Å². The zero-order valence-electron chi connectivity index (χ0n) is 14.8. The first-order valence-electron chi connectivity index (χ1n) is 8.10. The van der Waals surface area contributed by atoms with Gasteiger partial charge in [0.15, 0.2) is 11.2 Å². The van der Waals surface area contributed by atoms with Crippen molar-refractivity contribution in [1.82, 2.24) is 18.7 Å². The Morgan fingerprint density at radius 2 is 1.93 bits per heavy atom. The van der Waals surface area contributed by atoms with Crippen LogP contribution in [0.5, 0.6) is 0 Å². The molecule has 3 N–H and O–H groups in total. The van der Waals surface area contributed by atoms with Crippen molar-refractivity contribution in [3.05, 3.63) is 57.0 Å². The van der Waals surface area contributed by atoms with Crippen molar-refractivity contribution in [3.8, 4) is 0 Å². The summed E-state index contributed by atoms with van der Waals surface area (Å²) >= 11 is 0. The van der Waals surface area contributed by atoms with Crippen LogP contribution in [0, 0.1) is 0 Å². The molecule has 27 heavy (non-hydrogen) atoms. The van der Waals surface area contributed by atoms with Crippen LogP contribution in [-0.4, -0.2) is 30.5 Å². The number of nitrogens with one attached hydrogen (secondary N) is 1. The van der Waals surface area contributed by atoms with Crippen molar-refractivity contribution in [3.63, 3.8) is 0 Å². The zero-order chi connectivity index (χ0) is 19.7. The number of primary amides is 1. The molecule has 0 aliphatic rings. The number of carbonyl (C=O) groups excluding carboxylic acids is 2. The van der Waals surface area contributed by atoms with Crippen molar-refractivity contribution in [1.29, 1.82) is 0 Å². The molecule has 0 aliphatic heterocycles. The van der Waals surface area contributed by atoms with Crippen molar-refractivity contribution < 1.29 is 9.59 Å². The fourth-order valence-electron chi connectivity index (χ4n) is 2.76. The molecule has 0 aliphatic carbocycles. The predicted molar refractivity (Wildman–Crippen MR) is 98.4 cm³/mol. The molecule has 140 valence electrons. The van der Waals surface area contributed by atoms with Crippen LogP contribution in [0.25, 0.3) is 11.2 Å². The van der Waals surface area contributed by atoms with Crippen molar-refractivity contribution in [2.75, 3.05) is 5.32 Å².